The van der Waals surface area contributed by atoms with Gasteiger partial charge in [0.2, 0.25) is 0 Å². The van der Waals surface area contributed by atoms with E-state index in [-0.39, 0.29) is 0 Å². The molecule has 5 nitrogen and oxygen atoms in total. The van der Waals surface area contributed by atoms with Crippen LogP contribution in [-0.4, -0.2) is 34.3 Å². The van der Waals surface area contributed by atoms with Crippen molar-refractivity contribution in [3.8, 4) is 23.0 Å². The van der Waals surface area contributed by atoms with Crippen molar-refractivity contribution in [2.24, 2.45) is 0 Å². The van der Waals surface area contributed by atoms with Crippen LogP contribution >= 0.6 is 0 Å². The largest absolute Gasteiger partial charge is 0.497 e. The fourth-order valence-corrected chi connectivity index (χ4v) is 2.25. The number of ether oxygens (including phenoxy) is 4. The smallest absolute Gasteiger partial charge is 0.161 e. The van der Waals surface area contributed by atoms with Crippen LogP contribution < -0.4 is 18.9 Å². The monoisotopic (exact) mass is 313 g/mol. The summed E-state index contributed by atoms with van der Waals surface area (Å²) in [5.74, 6) is 5.00. The Bertz CT molecular complexity index is 726. The lowest BCUT2D eigenvalue weighted by molar-refractivity contribution is 0.355. The highest BCUT2D eigenvalue weighted by molar-refractivity contribution is 5.98. The fraction of sp³-hybridized carbons (Fsp3) is 0.222. The number of hydrogen-bond acceptors (Lipinski definition) is 5. The summed E-state index contributed by atoms with van der Waals surface area (Å²) >= 11 is 0. The molecule has 2 aromatic carbocycles. The molecule has 2 rings (SSSR count). The standard InChI is InChI=1S/C18H19NO4/c1-20-14-7-13(8-15(10-14)21-2)16(11-19)12-5-6-17(22-3)18(9-12)23-4/h5-10,19H,1-4H3. The zero-order valence-electron chi connectivity index (χ0n) is 13.6. The summed E-state index contributed by atoms with van der Waals surface area (Å²) in [4.78, 5) is 0. The minimum atomic E-state index is 0.590. The van der Waals surface area contributed by atoms with Crippen LogP contribution in [0.25, 0.3) is 5.57 Å². The van der Waals surface area contributed by atoms with Gasteiger partial charge in [-0.25, -0.2) is 0 Å². The van der Waals surface area contributed by atoms with Crippen LogP contribution in [-0.2, 0) is 0 Å². The van der Waals surface area contributed by atoms with Crippen LogP contribution in [0.4, 0.5) is 0 Å². The summed E-state index contributed by atoms with van der Waals surface area (Å²) in [5.41, 5.74) is 2.15. The second kappa shape index (κ2) is 7.38. The summed E-state index contributed by atoms with van der Waals surface area (Å²) in [7, 11) is 6.33. The molecule has 0 aliphatic heterocycles. The van der Waals surface area contributed by atoms with Crippen molar-refractivity contribution >= 4 is 11.4 Å². The van der Waals surface area contributed by atoms with Crippen LogP contribution in [0.2, 0.25) is 0 Å². The van der Waals surface area contributed by atoms with Gasteiger partial charge >= 0.3 is 0 Å². The van der Waals surface area contributed by atoms with Gasteiger partial charge < -0.3 is 18.9 Å². The third-order valence-corrected chi connectivity index (χ3v) is 3.44. The lowest BCUT2D eigenvalue weighted by atomic mass is 9.98. The van der Waals surface area contributed by atoms with Crippen molar-refractivity contribution in [1.82, 2.24) is 0 Å². The van der Waals surface area contributed by atoms with E-state index in [1.165, 1.54) is 0 Å². The van der Waals surface area contributed by atoms with Gasteiger partial charge in [0.15, 0.2) is 11.5 Å². The van der Waals surface area contributed by atoms with E-state index >= 15 is 0 Å². The maximum Gasteiger partial charge on any atom is 0.161 e. The molecule has 2 aromatic rings. The van der Waals surface area contributed by atoms with Gasteiger partial charge in [0.1, 0.15) is 11.5 Å². The van der Waals surface area contributed by atoms with E-state index in [9.17, 15) is 0 Å². The van der Waals surface area contributed by atoms with Crippen molar-refractivity contribution in [2.75, 3.05) is 28.4 Å². The molecule has 0 saturated carbocycles. The maximum absolute atomic E-state index is 7.68. The van der Waals surface area contributed by atoms with E-state index in [0.717, 1.165) is 11.1 Å². The van der Waals surface area contributed by atoms with E-state index in [0.29, 0.717) is 28.6 Å². The molecular formula is C18H19NO4. The number of benzene rings is 2. The van der Waals surface area contributed by atoms with Gasteiger partial charge in [-0.15, -0.1) is 0 Å². The van der Waals surface area contributed by atoms with Crippen LogP contribution in [0.1, 0.15) is 11.1 Å². The first kappa shape index (κ1) is 16.5. The quantitative estimate of drug-likeness (QED) is 0.830. The number of hydrogen-bond donors (Lipinski definition) is 1. The molecule has 120 valence electrons. The van der Waals surface area contributed by atoms with Gasteiger partial charge in [0.25, 0.3) is 0 Å². The average Bonchev–Trinajstić information content (AvgIpc) is 2.61. The van der Waals surface area contributed by atoms with E-state index < -0.39 is 0 Å². The summed E-state index contributed by atoms with van der Waals surface area (Å²) < 4.78 is 21.1. The molecular weight excluding hydrogens is 294 g/mol. The number of nitrogens with one attached hydrogen (secondary N) is 1. The van der Waals surface area contributed by atoms with Gasteiger partial charge in [-0.1, -0.05) is 0 Å². The summed E-state index contributed by atoms with van der Waals surface area (Å²) in [5, 5.41) is 7.68. The van der Waals surface area contributed by atoms with Crippen LogP contribution in [0.3, 0.4) is 0 Å². The second-order valence-corrected chi connectivity index (χ2v) is 4.67. The van der Waals surface area contributed by atoms with Gasteiger partial charge in [0, 0.05) is 6.07 Å². The highest BCUT2D eigenvalue weighted by atomic mass is 16.5. The second-order valence-electron chi connectivity index (χ2n) is 4.67. The first-order valence-corrected chi connectivity index (χ1v) is 6.92. The molecule has 0 aromatic heterocycles. The van der Waals surface area contributed by atoms with Crippen LogP contribution in [0, 0.1) is 5.41 Å². The first-order valence-electron chi connectivity index (χ1n) is 6.92. The Morgan fingerprint density at radius 2 is 1.35 bits per heavy atom. The van der Waals surface area contributed by atoms with Crippen molar-refractivity contribution in [3.63, 3.8) is 0 Å². The molecule has 0 bridgehead atoms. The highest BCUT2D eigenvalue weighted by Crippen LogP contribution is 2.34. The molecule has 0 heterocycles. The fourth-order valence-electron chi connectivity index (χ4n) is 2.25. The molecule has 0 saturated heterocycles. The molecule has 0 radical (unpaired) electrons. The molecule has 0 spiro atoms. The maximum atomic E-state index is 7.68. The van der Waals surface area contributed by atoms with E-state index in [1.807, 2.05) is 24.3 Å². The average molecular weight is 313 g/mol. The Balaban J connectivity index is 2.55. The Hall–Kier alpha value is -2.91. The molecule has 0 atom stereocenters. The van der Waals surface area contributed by atoms with Crippen molar-refractivity contribution < 1.29 is 18.9 Å². The predicted octanol–water partition coefficient (Wildman–Crippen LogP) is 3.40. The van der Waals surface area contributed by atoms with Crippen LogP contribution in [0.15, 0.2) is 36.4 Å². The highest BCUT2D eigenvalue weighted by Gasteiger charge is 2.12. The lowest BCUT2D eigenvalue weighted by Crippen LogP contribution is -1.96. The topological polar surface area (TPSA) is 60.8 Å². The van der Waals surface area contributed by atoms with Crippen LogP contribution in [0.5, 0.6) is 23.0 Å². The third-order valence-electron chi connectivity index (χ3n) is 3.44. The van der Waals surface area contributed by atoms with E-state index in [1.54, 1.807) is 40.6 Å². The predicted molar refractivity (Wildman–Crippen MR) is 89.3 cm³/mol. The SMILES string of the molecule is COc1cc(OC)cc(C(=C=N)c2ccc(OC)c(OC)c2)c1. The van der Waals surface area contributed by atoms with E-state index in [4.69, 9.17) is 24.4 Å². The molecule has 0 unspecified atom stereocenters. The minimum absolute atomic E-state index is 0.590. The minimum Gasteiger partial charge on any atom is -0.497 e. The first-order chi connectivity index (χ1) is 11.2. The molecule has 0 amide bonds. The molecule has 0 fully saturated rings. The molecule has 23 heavy (non-hydrogen) atoms. The molecule has 0 aliphatic rings. The Labute approximate surface area is 135 Å². The summed E-state index contributed by atoms with van der Waals surface area (Å²) in [6.45, 7) is 0. The van der Waals surface area contributed by atoms with Gasteiger partial charge in [-0.05, 0) is 47.3 Å². The molecule has 5 heteroatoms. The zero-order valence-corrected chi connectivity index (χ0v) is 13.6. The van der Waals surface area contributed by atoms with Gasteiger partial charge in [0.05, 0.1) is 34.0 Å². The molecule has 0 aliphatic carbocycles. The van der Waals surface area contributed by atoms with Gasteiger partial charge in [-0.2, -0.15) is 0 Å². The summed E-state index contributed by atoms with van der Waals surface area (Å²) in [6.07, 6.45) is 0. The van der Waals surface area contributed by atoms with Crippen molar-refractivity contribution in [3.05, 3.63) is 47.5 Å². The van der Waals surface area contributed by atoms with E-state index in [2.05, 4.69) is 5.87 Å². The van der Waals surface area contributed by atoms with Gasteiger partial charge in [-0.3, -0.25) is 5.41 Å². The Kier molecular flexibility index (Phi) is 5.28. The normalized spacial score (nSPS) is 9.74. The van der Waals surface area contributed by atoms with Crippen molar-refractivity contribution in [1.29, 1.82) is 5.41 Å². The summed E-state index contributed by atoms with van der Waals surface area (Å²) in [6, 6.07) is 10.9. The molecule has 1 N–H and O–H groups in total. The number of rotatable bonds is 6. The zero-order chi connectivity index (χ0) is 16.8. The lowest BCUT2D eigenvalue weighted by Gasteiger charge is -2.12. The Morgan fingerprint density at radius 3 is 1.83 bits per heavy atom. The number of methoxy groups -OCH3 is 4. The third kappa shape index (κ3) is 3.47. The van der Waals surface area contributed by atoms with Crippen molar-refractivity contribution in [2.45, 2.75) is 0 Å². The Morgan fingerprint density at radius 1 is 0.739 bits per heavy atom.